The van der Waals surface area contributed by atoms with E-state index < -0.39 is 125 Å². The summed E-state index contributed by atoms with van der Waals surface area (Å²) >= 11 is 1.38. The second-order valence-electron chi connectivity index (χ2n) is 31.2. The first-order valence-electron chi connectivity index (χ1n) is 37.5. The summed E-state index contributed by atoms with van der Waals surface area (Å²) < 4.78 is 50.2. The summed E-state index contributed by atoms with van der Waals surface area (Å²) in [4.78, 5) is 163. The molecule has 6 aromatic rings. The lowest BCUT2D eigenvalue weighted by Crippen LogP contribution is -2.64. The van der Waals surface area contributed by atoms with Crippen LogP contribution in [-0.2, 0) is 79.3 Å². The molecule has 3 aromatic carbocycles. The van der Waals surface area contributed by atoms with Gasteiger partial charge in [-0.25, -0.2) is 29.3 Å². The number of hydrogen-bond acceptors (Lipinski definition) is 22. The first-order chi connectivity index (χ1) is 53.1. The van der Waals surface area contributed by atoms with E-state index in [4.69, 9.17) is 36.8 Å². The maximum Gasteiger partial charge on any atom is 0.410 e. The highest BCUT2D eigenvalue weighted by molar-refractivity contribution is 7.85. The van der Waals surface area contributed by atoms with Crippen molar-refractivity contribution in [2.75, 3.05) is 60.2 Å². The lowest BCUT2D eigenvalue weighted by atomic mass is 9.39. The van der Waals surface area contributed by atoms with Gasteiger partial charge in [-0.3, -0.25) is 62.7 Å². The number of imide groups is 3. The van der Waals surface area contributed by atoms with Crippen LogP contribution < -0.4 is 37.6 Å². The van der Waals surface area contributed by atoms with Crippen LogP contribution in [0.3, 0.4) is 0 Å². The average molecular weight is 1580 g/mol. The zero-order chi connectivity index (χ0) is 80.8. The number of fused-ring (bicyclic) bond motifs is 2. The molecule has 12 rings (SSSR count). The number of primary amides is 1. The van der Waals surface area contributed by atoms with E-state index in [1.54, 1.807) is 24.4 Å². The van der Waals surface area contributed by atoms with Crippen LogP contribution in [-0.4, -0.2) is 192 Å². The molecule has 32 nitrogen and oxygen atoms in total. The van der Waals surface area contributed by atoms with Gasteiger partial charge in [0.1, 0.15) is 24.5 Å². The Morgan fingerprint density at radius 1 is 0.804 bits per heavy atom. The van der Waals surface area contributed by atoms with Gasteiger partial charge in [0.05, 0.1) is 46.1 Å². The first kappa shape index (κ1) is 82.6. The number of urea groups is 1. The number of benzene rings is 3. The second kappa shape index (κ2) is 34.3. The van der Waals surface area contributed by atoms with Gasteiger partial charge >= 0.3 is 24.1 Å². The number of carboxylic acids is 2. The molecule has 4 aliphatic carbocycles. The second-order valence-corrected chi connectivity index (χ2v) is 33.8. The van der Waals surface area contributed by atoms with Crippen molar-refractivity contribution >= 4 is 114 Å². The fraction of sp³-hybridized carbons (Fsp3) is 0.487. The third-order valence-corrected chi connectivity index (χ3v) is 23.4. The molecule has 4 bridgehead atoms. The molecule has 5 heterocycles. The van der Waals surface area contributed by atoms with Gasteiger partial charge < -0.3 is 52.0 Å². The number of hydrogen-bond donors (Lipinski definition) is 8. The molecule has 112 heavy (non-hydrogen) atoms. The fourth-order valence-corrected chi connectivity index (χ4v) is 19.0. The van der Waals surface area contributed by atoms with Crippen LogP contribution in [0.2, 0.25) is 0 Å². The number of nitrogens with two attached hydrogens (primary N) is 3. The van der Waals surface area contributed by atoms with E-state index in [2.05, 4.69) is 29.5 Å². The number of para-hydroxylation sites is 1. The molecule has 34 heteroatoms. The maximum absolute atomic E-state index is 15.3. The van der Waals surface area contributed by atoms with Crippen molar-refractivity contribution < 1.29 is 85.4 Å². The normalized spacial score (nSPS) is 20.5. The zero-order valence-corrected chi connectivity index (χ0v) is 64.9. The van der Waals surface area contributed by atoms with Gasteiger partial charge in [-0.1, -0.05) is 81.9 Å². The molecule has 0 spiro atoms. The Kier molecular flexibility index (Phi) is 25.3. The Bertz CT molecular complexity index is 4720. The number of nitrogens with one attached hydrogen (secondary N) is 2. The van der Waals surface area contributed by atoms with Crippen molar-refractivity contribution in [3.05, 3.63) is 131 Å². The summed E-state index contributed by atoms with van der Waals surface area (Å²) in [5, 5.41) is 31.0. The lowest BCUT2D eigenvalue weighted by Gasteiger charge is -2.69. The number of aliphatic carboxylic acids is 1. The molecular weight excluding hydrogens is 1490 g/mol. The molecule has 2 unspecified atom stereocenters. The first-order valence-corrected chi connectivity index (χ1v) is 39.9. The molecule has 10 amide bonds. The molecule has 2 aliphatic heterocycles. The van der Waals surface area contributed by atoms with E-state index in [0.717, 1.165) is 68.3 Å². The van der Waals surface area contributed by atoms with Crippen LogP contribution in [0.4, 0.5) is 26.2 Å². The number of unbranched alkanes of at least 4 members (excludes halogenated alkanes) is 2. The third-order valence-electron chi connectivity index (χ3n) is 21.8. The monoisotopic (exact) mass is 1580 g/mol. The number of carboxylic acid groups (broad SMARTS) is 2. The molecule has 5 atom stereocenters. The highest BCUT2D eigenvalue weighted by atomic mass is 32.2. The summed E-state index contributed by atoms with van der Waals surface area (Å²) in [6.07, 6.45) is 7.48. The summed E-state index contributed by atoms with van der Waals surface area (Å²) in [6.45, 7) is 9.64. The number of amides is 10. The van der Waals surface area contributed by atoms with E-state index in [1.165, 1.54) is 49.4 Å². The summed E-state index contributed by atoms with van der Waals surface area (Å²) in [5.74, 6) is -9.07. The van der Waals surface area contributed by atoms with Crippen LogP contribution in [0.15, 0.2) is 97.2 Å². The number of carbonyl (C=O) groups excluding carboxylic acids is 9. The molecule has 4 fully saturated rings. The van der Waals surface area contributed by atoms with E-state index in [0.29, 0.717) is 82.8 Å². The number of rotatable bonds is 35. The van der Waals surface area contributed by atoms with Gasteiger partial charge in [0, 0.05) is 86.6 Å². The summed E-state index contributed by atoms with van der Waals surface area (Å²) in [5.41, 5.74) is 21.1. The smallest absolute Gasteiger partial charge is 0.410 e. The number of anilines is 3. The summed E-state index contributed by atoms with van der Waals surface area (Å²) in [6, 6.07) is 16.1. The van der Waals surface area contributed by atoms with Gasteiger partial charge in [0.2, 0.25) is 17.7 Å². The number of thiazole rings is 1. The van der Waals surface area contributed by atoms with Crippen molar-refractivity contribution in [1.29, 1.82) is 0 Å². The predicted molar refractivity (Wildman–Crippen MR) is 413 cm³/mol. The number of carbonyl (C=O) groups is 11. The quantitative estimate of drug-likeness (QED) is 0.0107. The minimum atomic E-state index is -4.62. The van der Waals surface area contributed by atoms with Crippen molar-refractivity contribution in [3.8, 4) is 11.1 Å². The molecule has 0 radical (unpaired) electrons. The van der Waals surface area contributed by atoms with E-state index in [9.17, 15) is 66.3 Å². The zero-order valence-electron chi connectivity index (χ0n) is 63.3. The van der Waals surface area contributed by atoms with Crippen LogP contribution in [0.25, 0.3) is 21.3 Å². The third kappa shape index (κ3) is 19.2. The van der Waals surface area contributed by atoms with Crippen LogP contribution in [0.1, 0.15) is 161 Å². The van der Waals surface area contributed by atoms with Gasteiger partial charge in [-0.15, -0.1) is 0 Å². The molecule has 598 valence electrons. The lowest BCUT2D eigenvalue weighted by molar-refractivity contribution is -0.248. The SMILES string of the molecule is Cc1c(-c2ccc(N3CCc4cccc(C(=O)Nc5nc6ccccc6s5)c4C3)nc2C(=O)O)cnn1CC12CC3(C)CC(C)(C1)CC(OCCN(CCS(=O)(=O)O)C(=O)OCc1ccc(N(C(=O)[C@@H](NC(=O)[C@@H](N)CCC(=O)O)C(C)C)C(=O)N(C(=O)CCCCCN4C(=O)C=CC4=O)[C@@H](CCCN)C(N)=O)cc1)(C3)C2. The fourth-order valence-electron chi connectivity index (χ4n) is 17.7. The van der Waals surface area contributed by atoms with Crippen LogP contribution in [0.5, 0.6) is 0 Å². The van der Waals surface area contributed by atoms with Crippen LogP contribution in [0, 0.1) is 29.1 Å². The Morgan fingerprint density at radius 2 is 1.52 bits per heavy atom. The highest BCUT2D eigenvalue weighted by Crippen LogP contribution is 2.72. The standard InChI is InChI=1S/C78H96N14O18S2/c1-47(2)65(85-69(100)56(80)24-28-64(96)97)70(101)91(73(104)92(58(67(81)98)16-12-30-79)63(95)18-7-6-10-31-89-61(93)26-27-62(89)94)51-21-19-49(20-22-51)39-109-74(105)87(34-36-112(106,107)108)33-35-110-78-43-75(4)40-76(5,44-78)42-77(41-75,45-78)46-90-48(3)54(37-82-90)52-23-25-60(84-66(52)71(102)103)88-32-29-50-13-11-14-53(55(50)38-88)68(99)86-72-83-57-15-8-9-17-59(57)111-72/h8-9,11,13-15,17,19-23,25-27,37,47,56,58,65H,6-7,10,12,16,18,24,28-36,38-46,79-80H2,1-5H3,(H2,81,98)(H,85,100)(H,96,97)(H,102,103)(H,83,86,99)(H,106,107,108)/t56-,58-,65-,75?,76?,77?,78?/m0/s1. The minimum absolute atomic E-state index is 0.00274. The van der Waals surface area contributed by atoms with Gasteiger partial charge in [-0.05, 0) is 172 Å². The van der Waals surface area contributed by atoms with Gasteiger partial charge in [-0.2, -0.15) is 13.5 Å². The van der Waals surface area contributed by atoms with Gasteiger partial charge in [0.25, 0.3) is 33.7 Å². The molecule has 3 aromatic heterocycles. The van der Waals surface area contributed by atoms with Crippen molar-refractivity contribution in [1.82, 2.24) is 39.8 Å². The molecule has 6 aliphatic rings. The summed E-state index contributed by atoms with van der Waals surface area (Å²) in [7, 11) is -4.62. The van der Waals surface area contributed by atoms with Gasteiger partial charge in [0.15, 0.2) is 10.8 Å². The van der Waals surface area contributed by atoms with E-state index in [1.807, 2.05) is 52.9 Å². The minimum Gasteiger partial charge on any atom is -0.481 e. The van der Waals surface area contributed by atoms with Crippen molar-refractivity contribution in [3.63, 3.8) is 0 Å². The molecule has 0 saturated heterocycles. The van der Waals surface area contributed by atoms with Crippen molar-refractivity contribution in [2.24, 2.45) is 39.4 Å². The Balaban J connectivity index is 0.776. The Labute approximate surface area is 651 Å². The Hall–Kier alpha value is -10.4. The topological polar surface area (TPSA) is 463 Å². The molecular formula is C78H96N14O18S2. The van der Waals surface area contributed by atoms with E-state index in [-0.39, 0.29) is 110 Å². The Morgan fingerprint density at radius 3 is 2.18 bits per heavy atom. The largest absolute Gasteiger partial charge is 0.481 e. The predicted octanol–water partition coefficient (Wildman–Crippen LogP) is 7.73. The van der Waals surface area contributed by atoms with E-state index >= 15 is 9.59 Å². The molecule has 4 saturated carbocycles. The maximum atomic E-state index is 15.3. The number of aromatic nitrogens is 4. The number of pyridine rings is 1. The number of nitrogens with zero attached hydrogens (tertiary/aromatic N) is 9. The number of ether oxygens (including phenoxy) is 2. The molecule has 11 N–H and O–H groups in total. The van der Waals surface area contributed by atoms with Crippen molar-refractivity contribution in [2.45, 2.75) is 174 Å². The number of aromatic carboxylic acids is 1. The average Bonchev–Trinajstić information content (AvgIpc) is 0.779. The highest BCUT2D eigenvalue weighted by Gasteiger charge is 2.66. The van der Waals surface area contributed by atoms with Crippen LogP contribution >= 0.6 is 11.3 Å².